The number of pyridine rings is 1. The third kappa shape index (κ3) is 5.13. The van der Waals surface area contributed by atoms with Crippen molar-refractivity contribution in [2.45, 2.75) is 13.0 Å². The second kappa shape index (κ2) is 10.3. The Bertz CT molecular complexity index is 1360. The van der Waals surface area contributed by atoms with Gasteiger partial charge in [-0.1, -0.05) is 48.0 Å². The van der Waals surface area contributed by atoms with Gasteiger partial charge in [0, 0.05) is 43.1 Å². The highest BCUT2D eigenvalue weighted by Gasteiger charge is 2.30. The summed E-state index contributed by atoms with van der Waals surface area (Å²) in [5, 5.41) is 6.22. The molecular weight excluding hydrogens is 476 g/mol. The molecule has 184 valence electrons. The van der Waals surface area contributed by atoms with Crippen LogP contribution in [-0.4, -0.2) is 52.4 Å². The van der Waals surface area contributed by atoms with Gasteiger partial charge in [-0.2, -0.15) is 0 Å². The number of piperazine rings is 1. The van der Waals surface area contributed by atoms with Crippen LogP contribution in [0.25, 0.3) is 5.65 Å². The van der Waals surface area contributed by atoms with E-state index in [1.165, 1.54) is 0 Å². The van der Waals surface area contributed by atoms with Gasteiger partial charge in [-0.15, -0.1) is 0 Å². The number of halogens is 1. The molecule has 1 fully saturated rings. The fraction of sp³-hybridized carbons (Fsp3) is 0.222. The van der Waals surface area contributed by atoms with E-state index in [1.54, 1.807) is 24.3 Å². The van der Waals surface area contributed by atoms with Gasteiger partial charge in [0.15, 0.2) is 0 Å². The number of anilines is 2. The average molecular weight is 503 g/mol. The number of rotatable bonds is 5. The summed E-state index contributed by atoms with van der Waals surface area (Å²) >= 11 is 5.93. The van der Waals surface area contributed by atoms with Gasteiger partial charge in [-0.25, -0.2) is 9.78 Å². The molecule has 0 bridgehead atoms. The van der Waals surface area contributed by atoms with Gasteiger partial charge in [0.05, 0.1) is 5.69 Å². The van der Waals surface area contributed by atoms with Crippen molar-refractivity contribution in [1.29, 1.82) is 0 Å². The highest BCUT2D eigenvalue weighted by atomic mass is 35.5. The molecule has 0 aliphatic carbocycles. The summed E-state index contributed by atoms with van der Waals surface area (Å²) in [4.78, 5) is 35.0. The first kappa shape index (κ1) is 23.7. The summed E-state index contributed by atoms with van der Waals surface area (Å²) in [6.07, 6.45) is 2.02. The highest BCUT2D eigenvalue weighted by molar-refractivity contribution is 6.30. The van der Waals surface area contributed by atoms with Gasteiger partial charge < -0.3 is 20.4 Å². The van der Waals surface area contributed by atoms with Crippen LogP contribution in [0.5, 0.6) is 0 Å². The van der Waals surface area contributed by atoms with Crippen LogP contribution in [-0.2, 0) is 4.79 Å². The second-order valence-corrected chi connectivity index (χ2v) is 9.19. The molecule has 5 rings (SSSR count). The molecule has 1 aliphatic heterocycles. The maximum absolute atomic E-state index is 13.6. The van der Waals surface area contributed by atoms with E-state index in [-0.39, 0.29) is 5.91 Å². The van der Waals surface area contributed by atoms with Crippen LogP contribution in [0.2, 0.25) is 5.02 Å². The Balaban J connectivity index is 1.29. The van der Waals surface area contributed by atoms with Crippen molar-refractivity contribution in [2.75, 3.05) is 36.4 Å². The summed E-state index contributed by atoms with van der Waals surface area (Å²) < 4.78 is 2.09. The molecule has 2 aromatic heterocycles. The molecule has 1 atom stereocenters. The molecule has 1 saturated heterocycles. The average Bonchev–Trinajstić information content (AvgIpc) is 3.29. The van der Waals surface area contributed by atoms with Crippen LogP contribution in [0, 0.1) is 6.92 Å². The third-order valence-electron chi connectivity index (χ3n) is 6.26. The van der Waals surface area contributed by atoms with E-state index in [2.05, 4.69) is 31.0 Å². The number of urea groups is 1. The number of aromatic nitrogens is 2. The SMILES string of the molecule is Cc1cn2c(N3CCN(C(=O)[C@H](NC(=O)Nc4ccc(Cl)cc4)c4ccccc4)CC3)cccc2n1. The molecular formula is C27H27ClN6O2. The third-order valence-corrected chi connectivity index (χ3v) is 6.52. The van der Waals surface area contributed by atoms with Crippen molar-refractivity contribution in [3.05, 3.63) is 95.3 Å². The smallest absolute Gasteiger partial charge is 0.320 e. The van der Waals surface area contributed by atoms with E-state index >= 15 is 0 Å². The van der Waals surface area contributed by atoms with Gasteiger partial charge in [0.25, 0.3) is 0 Å². The van der Waals surface area contributed by atoms with Crippen molar-refractivity contribution in [3.8, 4) is 0 Å². The van der Waals surface area contributed by atoms with Gasteiger partial charge in [0.2, 0.25) is 5.91 Å². The van der Waals surface area contributed by atoms with E-state index in [1.807, 2.05) is 60.5 Å². The van der Waals surface area contributed by atoms with Crippen LogP contribution in [0.3, 0.4) is 0 Å². The van der Waals surface area contributed by atoms with Gasteiger partial charge in [0.1, 0.15) is 17.5 Å². The number of benzene rings is 2. The molecule has 0 saturated carbocycles. The Kier molecular flexibility index (Phi) is 6.77. The Hall–Kier alpha value is -4.04. The molecule has 36 heavy (non-hydrogen) atoms. The minimum atomic E-state index is -0.801. The highest BCUT2D eigenvalue weighted by Crippen LogP contribution is 2.22. The lowest BCUT2D eigenvalue weighted by molar-refractivity contribution is -0.133. The number of nitrogens with one attached hydrogen (secondary N) is 2. The lowest BCUT2D eigenvalue weighted by atomic mass is 10.1. The van der Waals surface area contributed by atoms with Crippen LogP contribution < -0.4 is 15.5 Å². The Labute approximate surface area is 214 Å². The summed E-state index contributed by atoms with van der Waals surface area (Å²) in [6, 6.07) is 20.9. The first-order valence-corrected chi connectivity index (χ1v) is 12.2. The number of carbonyl (C=O) groups excluding carboxylic acids is 2. The molecule has 0 spiro atoms. The summed E-state index contributed by atoms with van der Waals surface area (Å²) in [7, 11) is 0. The number of hydrogen-bond acceptors (Lipinski definition) is 4. The largest absolute Gasteiger partial charge is 0.354 e. The fourth-order valence-electron chi connectivity index (χ4n) is 4.48. The van der Waals surface area contributed by atoms with Crippen molar-refractivity contribution in [3.63, 3.8) is 0 Å². The minimum absolute atomic E-state index is 0.135. The van der Waals surface area contributed by atoms with Gasteiger partial charge in [-0.3, -0.25) is 9.20 Å². The summed E-state index contributed by atoms with van der Waals surface area (Å²) in [6.45, 7) is 4.44. The Morgan fingerprint density at radius 1 is 0.917 bits per heavy atom. The lowest BCUT2D eigenvalue weighted by Gasteiger charge is -2.37. The molecule has 4 aromatic rings. The zero-order chi connectivity index (χ0) is 25.1. The Morgan fingerprint density at radius 3 is 2.36 bits per heavy atom. The first-order valence-electron chi connectivity index (χ1n) is 11.8. The maximum Gasteiger partial charge on any atom is 0.320 e. The predicted octanol–water partition coefficient (Wildman–Crippen LogP) is 4.51. The number of fused-ring (bicyclic) bond motifs is 1. The summed E-state index contributed by atoms with van der Waals surface area (Å²) in [5.74, 6) is 0.920. The summed E-state index contributed by atoms with van der Waals surface area (Å²) in [5.41, 5.74) is 3.19. The van der Waals surface area contributed by atoms with E-state index in [0.717, 1.165) is 22.7 Å². The minimum Gasteiger partial charge on any atom is -0.354 e. The fourth-order valence-corrected chi connectivity index (χ4v) is 4.60. The van der Waals surface area contributed by atoms with Crippen molar-refractivity contribution >= 4 is 40.7 Å². The monoisotopic (exact) mass is 502 g/mol. The van der Waals surface area contributed by atoms with E-state index in [0.29, 0.717) is 36.9 Å². The van der Waals surface area contributed by atoms with Gasteiger partial charge in [-0.05, 0) is 48.9 Å². The first-order chi connectivity index (χ1) is 17.5. The topological polar surface area (TPSA) is 82.0 Å². The molecule has 9 heteroatoms. The number of amides is 3. The predicted molar refractivity (Wildman–Crippen MR) is 142 cm³/mol. The normalized spacial score (nSPS) is 14.5. The lowest BCUT2D eigenvalue weighted by Crippen LogP contribution is -2.52. The Morgan fingerprint density at radius 2 is 1.64 bits per heavy atom. The van der Waals surface area contributed by atoms with Crippen molar-refractivity contribution in [1.82, 2.24) is 19.6 Å². The van der Waals surface area contributed by atoms with Crippen LogP contribution in [0.15, 0.2) is 79.0 Å². The number of imidazole rings is 1. The van der Waals surface area contributed by atoms with Gasteiger partial charge >= 0.3 is 6.03 Å². The molecule has 0 radical (unpaired) electrons. The second-order valence-electron chi connectivity index (χ2n) is 8.76. The molecule has 2 N–H and O–H groups in total. The molecule has 2 aromatic carbocycles. The van der Waals surface area contributed by atoms with Crippen molar-refractivity contribution < 1.29 is 9.59 Å². The molecule has 3 amide bonds. The number of carbonyl (C=O) groups is 2. The zero-order valence-corrected chi connectivity index (χ0v) is 20.7. The molecule has 0 unspecified atom stereocenters. The molecule has 3 heterocycles. The van der Waals surface area contributed by atoms with Crippen LogP contribution in [0.1, 0.15) is 17.3 Å². The standard InChI is InChI=1S/C27H27ClN6O2/c1-19-18-34-23(29-19)8-5-9-24(34)32-14-16-33(17-15-32)26(35)25(20-6-3-2-4-7-20)31-27(36)30-22-12-10-21(28)11-13-22/h2-13,18,25H,14-17H2,1H3,(H2,30,31,36)/t25-/m1/s1. The van der Waals surface area contributed by atoms with E-state index < -0.39 is 12.1 Å². The van der Waals surface area contributed by atoms with E-state index in [4.69, 9.17) is 11.6 Å². The number of hydrogen-bond donors (Lipinski definition) is 2. The number of nitrogens with zero attached hydrogens (tertiary/aromatic N) is 4. The van der Waals surface area contributed by atoms with Crippen molar-refractivity contribution in [2.24, 2.45) is 0 Å². The molecule has 8 nitrogen and oxygen atoms in total. The van der Waals surface area contributed by atoms with Crippen LogP contribution in [0.4, 0.5) is 16.3 Å². The molecule has 1 aliphatic rings. The van der Waals surface area contributed by atoms with E-state index in [9.17, 15) is 9.59 Å². The van der Waals surface area contributed by atoms with Crippen LogP contribution >= 0.6 is 11.6 Å². The maximum atomic E-state index is 13.6. The zero-order valence-electron chi connectivity index (χ0n) is 19.9. The number of aryl methyl sites for hydroxylation is 1. The quantitative estimate of drug-likeness (QED) is 0.421.